The average molecular weight is 224 g/mol. The van der Waals surface area contributed by atoms with Crippen LogP contribution in [0.5, 0.6) is 0 Å². The number of nitrogens with one attached hydrogen (secondary N) is 2. The zero-order valence-electron chi connectivity index (χ0n) is 7.44. The Kier molecular flexibility index (Phi) is 4.16. The predicted octanol–water partition coefficient (Wildman–Crippen LogP) is 1.57. The maximum atomic E-state index is 8.29. The number of pyridine rings is 1. The summed E-state index contributed by atoms with van der Waals surface area (Å²) in [5.74, 6) is 0. The summed E-state index contributed by atoms with van der Waals surface area (Å²) in [6, 6.07) is 3.73. The van der Waals surface area contributed by atoms with E-state index in [1.165, 1.54) is 0 Å². The van der Waals surface area contributed by atoms with Crippen LogP contribution in [-0.2, 0) is 0 Å². The second-order valence-corrected chi connectivity index (χ2v) is 3.51. The van der Waals surface area contributed by atoms with Gasteiger partial charge in [-0.15, -0.1) is 11.8 Å². The highest BCUT2D eigenvalue weighted by Crippen LogP contribution is 2.13. The Balaban J connectivity index is 2.60. The van der Waals surface area contributed by atoms with Crippen molar-refractivity contribution in [2.45, 2.75) is 5.03 Å². The van der Waals surface area contributed by atoms with Crippen LogP contribution < -0.4 is 10.6 Å². The summed E-state index contributed by atoms with van der Waals surface area (Å²) in [5, 5.41) is 14.6. The number of aromatic nitrogens is 1. The van der Waals surface area contributed by atoms with E-state index in [-0.39, 0.29) is 5.11 Å². The van der Waals surface area contributed by atoms with E-state index in [0.29, 0.717) is 0 Å². The van der Waals surface area contributed by atoms with Crippen molar-refractivity contribution in [1.29, 1.82) is 5.26 Å². The van der Waals surface area contributed by atoms with Crippen molar-refractivity contribution < 1.29 is 0 Å². The highest BCUT2D eigenvalue weighted by atomic mass is 32.2. The van der Waals surface area contributed by atoms with Gasteiger partial charge in [0, 0.05) is 0 Å². The molecule has 0 aliphatic heterocycles. The minimum atomic E-state index is 0.270. The van der Waals surface area contributed by atoms with Crippen LogP contribution in [0.3, 0.4) is 0 Å². The molecule has 6 heteroatoms. The fraction of sp³-hybridized carbons (Fsp3) is 0.125. The van der Waals surface area contributed by atoms with Crippen LogP contribution >= 0.6 is 24.0 Å². The molecule has 1 aromatic heterocycles. The first-order chi connectivity index (χ1) is 6.76. The standard InChI is InChI=1S/C8H8N4S2/c1-14-7-3-2-6(4-10-7)12-8(13)11-5-9/h2-4H,1H3,(H2,11,12,13). The Morgan fingerprint density at radius 2 is 2.43 bits per heavy atom. The molecule has 72 valence electrons. The summed E-state index contributed by atoms with van der Waals surface area (Å²) in [5.41, 5.74) is 0.760. The van der Waals surface area contributed by atoms with Crippen LogP contribution in [0.25, 0.3) is 0 Å². The van der Waals surface area contributed by atoms with Gasteiger partial charge in [0.1, 0.15) is 0 Å². The topological polar surface area (TPSA) is 60.7 Å². The molecule has 0 atom stereocenters. The van der Waals surface area contributed by atoms with Gasteiger partial charge in [-0.05, 0) is 30.6 Å². The maximum Gasteiger partial charge on any atom is 0.184 e. The molecule has 0 spiro atoms. The second kappa shape index (κ2) is 5.42. The van der Waals surface area contributed by atoms with Gasteiger partial charge >= 0.3 is 0 Å². The van der Waals surface area contributed by atoms with Crippen LogP contribution in [0, 0.1) is 11.5 Å². The van der Waals surface area contributed by atoms with Gasteiger partial charge in [0.25, 0.3) is 0 Å². The Hall–Kier alpha value is -1.32. The van der Waals surface area contributed by atoms with Crippen LogP contribution in [0.4, 0.5) is 5.69 Å². The summed E-state index contributed by atoms with van der Waals surface area (Å²) >= 11 is 6.39. The lowest BCUT2D eigenvalue weighted by Crippen LogP contribution is -2.23. The van der Waals surface area contributed by atoms with Crippen LogP contribution in [-0.4, -0.2) is 16.4 Å². The third kappa shape index (κ3) is 3.20. The van der Waals surface area contributed by atoms with Gasteiger partial charge in [0.2, 0.25) is 0 Å². The highest BCUT2D eigenvalue weighted by Gasteiger charge is 1.96. The molecule has 0 fully saturated rings. The fourth-order valence-electron chi connectivity index (χ4n) is 0.788. The first-order valence-electron chi connectivity index (χ1n) is 3.72. The summed E-state index contributed by atoms with van der Waals surface area (Å²) < 4.78 is 0. The largest absolute Gasteiger partial charge is 0.331 e. The molecule has 0 aromatic carbocycles. The van der Waals surface area contributed by atoms with E-state index in [1.54, 1.807) is 24.2 Å². The second-order valence-electron chi connectivity index (χ2n) is 2.28. The zero-order valence-corrected chi connectivity index (χ0v) is 9.08. The molecule has 2 N–H and O–H groups in total. The Morgan fingerprint density at radius 1 is 1.64 bits per heavy atom. The Morgan fingerprint density at radius 3 is 2.93 bits per heavy atom. The summed E-state index contributed by atoms with van der Waals surface area (Å²) in [7, 11) is 0. The minimum absolute atomic E-state index is 0.270. The van der Waals surface area contributed by atoms with E-state index in [9.17, 15) is 0 Å². The van der Waals surface area contributed by atoms with Gasteiger partial charge in [0.15, 0.2) is 11.3 Å². The molecule has 0 aliphatic rings. The van der Waals surface area contributed by atoms with Gasteiger partial charge in [-0.3, -0.25) is 5.32 Å². The molecule has 1 aromatic rings. The first kappa shape index (κ1) is 10.8. The van der Waals surface area contributed by atoms with E-state index in [1.807, 2.05) is 18.4 Å². The SMILES string of the molecule is CSc1ccc(NC(=S)NC#N)cn1. The fourth-order valence-corrected chi connectivity index (χ4v) is 1.31. The number of nitriles is 1. The lowest BCUT2D eigenvalue weighted by Gasteiger charge is -2.04. The third-order valence-electron chi connectivity index (χ3n) is 1.37. The molecule has 0 unspecified atom stereocenters. The molecular formula is C8H8N4S2. The predicted molar refractivity (Wildman–Crippen MR) is 61.0 cm³/mol. The molecular weight excluding hydrogens is 216 g/mol. The van der Waals surface area contributed by atoms with E-state index in [4.69, 9.17) is 17.5 Å². The van der Waals surface area contributed by atoms with Gasteiger partial charge < -0.3 is 5.32 Å². The normalized spacial score (nSPS) is 8.86. The zero-order chi connectivity index (χ0) is 10.4. The number of thiocarbonyl (C=S) groups is 1. The van der Waals surface area contributed by atoms with Crippen molar-refractivity contribution in [3.63, 3.8) is 0 Å². The minimum Gasteiger partial charge on any atom is -0.331 e. The third-order valence-corrected chi connectivity index (χ3v) is 2.24. The van der Waals surface area contributed by atoms with Crippen LogP contribution in [0.2, 0.25) is 0 Å². The van der Waals surface area contributed by atoms with Gasteiger partial charge in [0.05, 0.1) is 16.9 Å². The quantitative estimate of drug-likeness (QED) is 0.344. The smallest absolute Gasteiger partial charge is 0.184 e. The molecule has 0 radical (unpaired) electrons. The summed E-state index contributed by atoms with van der Waals surface area (Å²) in [4.78, 5) is 4.14. The van der Waals surface area contributed by atoms with E-state index in [2.05, 4.69) is 15.6 Å². The van der Waals surface area contributed by atoms with Crippen molar-refractivity contribution in [3.8, 4) is 6.19 Å². The molecule has 1 rings (SSSR count). The number of rotatable bonds is 2. The van der Waals surface area contributed by atoms with Crippen molar-refractivity contribution >= 4 is 34.8 Å². The van der Waals surface area contributed by atoms with Gasteiger partial charge in [-0.25, -0.2) is 4.98 Å². The van der Waals surface area contributed by atoms with E-state index >= 15 is 0 Å². The summed E-state index contributed by atoms with van der Waals surface area (Å²) in [6.45, 7) is 0. The van der Waals surface area contributed by atoms with Gasteiger partial charge in [-0.2, -0.15) is 5.26 Å². The molecule has 0 bridgehead atoms. The molecule has 0 aliphatic carbocycles. The number of thioether (sulfide) groups is 1. The summed E-state index contributed by atoms with van der Waals surface area (Å²) in [6.07, 6.45) is 5.35. The molecule has 14 heavy (non-hydrogen) atoms. The number of nitrogens with zero attached hydrogens (tertiary/aromatic N) is 2. The lowest BCUT2D eigenvalue weighted by molar-refractivity contribution is 1.14. The monoisotopic (exact) mass is 224 g/mol. The Labute approximate surface area is 91.7 Å². The van der Waals surface area contributed by atoms with Crippen LogP contribution in [0.1, 0.15) is 0 Å². The molecule has 1 heterocycles. The molecule has 0 saturated carbocycles. The van der Waals surface area contributed by atoms with E-state index < -0.39 is 0 Å². The van der Waals surface area contributed by atoms with Crippen molar-refractivity contribution in [1.82, 2.24) is 10.3 Å². The number of hydrogen-bond acceptors (Lipinski definition) is 4. The number of anilines is 1. The first-order valence-corrected chi connectivity index (χ1v) is 5.35. The highest BCUT2D eigenvalue weighted by molar-refractivity contribution is 7.98. The van der Waals surface area contributed by atoms with Crippen molar-refractivity contribution in [3.05, 3.63) is 18.3 Å². The number of hydrogen-bond donors (Lipinski definition) is 2. The molecule has 4 nitrogen and oxygen atoms in total. The average Bonchev–Trinajstić information content (AvgIpc) is 2.19. The maximum absolute atomic E-state index is 8.29. The van der Waals surface area contributed by atoms with Crippen LogP contribution in [0.15, 0.2) is 23.4 Å². The lowest BCUT2D eigenvalue weighted by atomic mass is 10.4. The van der Waals surface area contributed by atoms with Gasteiger partial charge in [-0.1, -0.05) is 0 Å². The van der Waals surface area contributed by atoms with Crippen molar-refractivity contribution in [2.75, 3.05) is 11.6 Å². The Bertz CT molecular complexity index is 355. The molecule has 0 amide bonds. The molecule has 0 saturated heterocycles. The van der Waals surface area contributed by atoms with E-state index in [0.717, 1.165) is 10.7 Å². The van der Waals surface area contributed by atoms with Crippen molar-refractivity contribution in [2.24, 2.45) is 0 Å².